The van der Waals surface area contributed by atoms with Gasteiger partial charge in [0.15, 0.2) is 5.82 Å². The number of nitrogens with zero attached hydrogens (tertiary/aromatic N) is 2. The van der Waals surface area contributed by atoms with Crippen LogP contribution in [0.5, 0.6) is 0 Å². The number of aromatic nitrogens is 2. The molecule has 0 radical (unpaired) electrons. The largest absolute Gasteiger partial charge is 0.216 e. The summed E-state index contributed by atoms with van der Waals surface area (Å²) in [5, 5.41) is 0.703. The Morgan fingerprint density at radius 1 is 1.06 bits per heavy atom. The van der Waals surface area contributed by atoms with Crippen LogP contribution in [0.15, 0.2) is 35.2 Å². The molecule has 1 aromatic carbocycles. The Labute approximate surface area is 108 Å². The van der Waals surface area contributed by atoms with E-state index < -0.39 is 0 Å². The molecule has 0 unspecified atom stereocenters. The molecule has 16 heavy (non-hydrogen) atoms. The quantitative estimate of drug-likeness (QED) is 0.605. The van der Waals surface area contributed by atoms with Crippen LogP contribution in [0.1, 0.15) is 0 Å². The molecule has 0 saturated carbocycles. The molecule has 2 aromatic rings. The summed E-state index contributed by atoms with van der Waals surface area (Å²) in [6, 6.07) is 9.44. The van der Waals surface area contributed by atoms with Gasteiger partial charge in [-0.2, -0.15) is 0 Å². The van der Waals surface area contributed by atoms with Crippen LogP contribution in [0, 0.1) is 0 Å². The van der Waals surface area contributed by atoms with Gasteiger partial charge in [-0.15, -0.1) is 11.8 Å². The maximum absolute atomic E-state index is 5.83. The molecule has 0 aliphatic carbocycles. The summed E-state index contributed by atoms with van der Waals surface area (Å²) in [5.41, 5.74) is 0.913. The fraction of sp³-hybridized carbons (Fsp3) is 0.0909. The van der Waals surface area contributed by atoms with Gasteiger partial charge in [0.1, 0.15) is 10.3 Å². The Morgan fingerprint density at radius 3 is 2.38 bits per heavy atom. The average molecular weight is 271 g/mol. The normalized spacial score (nSPS) is 10.4. The number of hydrogen-bond donors (Lipinski definition) is 0. The van der Waals surface area contributed by atoms with Crippen molar-refractivity contribution >= 4 is 35.0 Å². The standard InChI is InChI=1S/C11H8Cl2N2S/c1-16-8-4-2-3-7(5-8)11-14-9(12)6-10(13)15-11/h2-6H,1H3. The van der Waals surface area contributed by atoms with E-state index in [-0.39, 0.29) is 0 Å². The summed E-state index contributed by atoms with van der Waals surface area (Å²) < 4.78 is 0. The fourth-order valence-electron chi connectivity index (χ4n) is 1.28. The van der Waals surface area contributed by atoms with Gasteiger partial charge in [0.2, 0.25) is 0 Å². The first-order valence-electron chi connectivity index (χ1n) is 4.53. The monoisotopic (exact) mass is 270 g/mol. The predicted molar refractivity (Wildman–Crippen MR) is 69.3 cm³/mol. The van der Waals surface area contributed by atoms with E-state index in [9.17, 15) is 0 Å². The first-order chi connectivity index (χ1) is 7.69. The van der Waals surface area contributed by atoms with Crippen LogP contribution in [-0.2, 0) is 0 Å². The molecule has 5 heteroatoms. The molecule has 0 spiro atoms. The molecule has 1 heterocycles. The maximum Gasteiger partial charge on any atom is 0.162 e. The van der Waals surface area contributed by atoms with Gasteiger partial charge in [-0.25, -0.2) is 9.97 Å². The molecule has 0 saturated heterocycles. The van der Waals surface area contributed by atoms with Crippen molar-refractivity contribution in [1.82, 2.24) is 9.97 Å². The molecule has 0 N–H and O–H groups in total. The number of hydrogen-bond acceptors (Lipinski definition) is 3. The van der Waals surface area contributed by atoms with Crippen LogP contribution in [0.4, 0.5) is 0 Å². The minimum Gasteiger partial charge on any atom is -0.216 e. The van der Waals surface area contributed by atoms with E-state index in [1.807, 2.05) is 30.5 Å². The first-order valence-corrected chi connectivity index (χ1v) is 6.51. The second-order valence-corrected chi connectivity index (χ2v) is 4.72. The third-order valence-electron chi connectivity index (χ3n) is 1.99. The predicted octanol–water partition coefficient (Wildman–Crippen LogP) is 4.17. The molecule has 2 rings (SSSR count). The van der Waals surface area contributed by atoms with Crippen LogP contribution in [0.3, 0.4) is 0 Å². The molecule has 0 bridgehead atoms. The second kappa shape index (κ2) is 5.04. The van der Waals surface area contributed by atoms with E-state index in [1.54, 1.807) is 11.8 Å². The average Bonchev–Trinajstić information content (AvgIpc) is 2.28. The summed E-state index contributed by atoms with van der Waals surface area (Å²) in [5.74, 6) is 0.549. The molecular formula is C11H8Cl2N2S. The third-order valence-corrected chi connectivity index (χ3v) is 3.10. The lowest BCUT2D eigenvalue weighted by atomic mass is 10.2. The lowest BCUT2D eigenvalue weighted by Crippen LogP contribution is -1.90. The van der Waals surface area contributed by atoms with Crippen molar-refractivity contribution < 1.29 is 0 Å². The van der Waals surface area contributed by atoms with E-state index in [1.165, 1.54) is 6.07 Å². The Hall–Kier alpha value is -0.770. The number of halogens is 2. The Bertz CT molecular complexity index is 497. The topological polar surface area (TPSA) is 25.8 Å². The Kier molecular flexibility index (Phi) is 3.69. The molecule has 2 nitrogen and oxygen atoms in total. The van der Waals surface area contributed by atoms with E-state index in [0.717, 1.165) is 10.5 Å². The van der Waals surface area contributed by atoms with Crippen molar-refractivity contribution in [2.24, 2.45) is 0 Å². The third kappa shape index (κ3) is 2.67. The first kappa shape index (κ1) is 11.7. The molecule has 0 amide bonds. The molecule has 0 atom stereocenters. The zero-order valence-electron chi connectivity index (χ0n) is 8.45. The molecule has 82 valence electrons. The summed E-state index contributed by atoms with van der Waals surface area (Å²) in [6.07, 6.45) is 2.02. The SMILES string of the molecule is CSc1cccc(-c2nc(Cl)cc(Cl)n2)c1. The van der Waals surface area contributed by atoms with Gasteiger partial charge >= 0.3 is 0 Å². The molecular weight excluding hydrogens is 263 g/mol. The highest BCUT2D eigenvalue weighted by Crippen LogP contribution is 2.24. The van der Waals surface area contributed by atoms with Gasteiger partial charge in [0.05, 0.1) is 0 Å². The number of thioether (sulfide) groups is 1. The smallest absolute Gasteiger partial charge is 0.162 e. The fourth-order valence-corrected chi connectivity index (χ4v) is 2.16. The van der Waals surface area contributed by atoms with Crippen molar-refractivity contribution in [3.63, 3.8) is 0 Å². The van der Waals surface area contributed by atoms with Gasteiger partial charge in [0, 0.05) is 16.5 Å². The number of rotatable bonds is 2. The summed E-state index contributed by atoms with van der Waals surface area (Å²) in [7, 11) is 0. The molecule has 0 fully saturated rings. The van der Waals surface area contributed by atoms with Gasteiger partial charge in [-0.3, -0.25) is 0 Å². The van der Waals surface area contributed by atoms with Crippen LogP contribution < -0.4 is 0 Å². The highest BCUT2D eigenvalue weighted by atomic mass is 35.5. The lowest BCUT2D eigenvalue weighted by Gasteiger charge is -2.03. The van der Waals surface area contributed by atoms with Gasteiger partial charge in [-0.05, 0) is 18.4 Å². The maximum atomic E-state index is 5.83. The van der Waals surface area contributed by atoms with Crippen molar-refractivity contribution in [3.05, 3.63) is 40.6 Å². The number of benzene rings is 1. The van der Waals surface area contributed by atoms with Crippen LogP contribution in [0.2, 0.25) is 10.3 Å². The minimum absolute atomic E-state index is 0.351. The Morgan fingerprint density at radius 2 is 1.75 bits per heavy atom. The van der Waals surface area contributed by atoms with E-state index >= 15 is 0 Å². The summed E-state index contributed by atoms with van der Waals surface area (Å²) in [4.78, 5) is 9.43. The van der Waals surface area contributed by atoms with E-state index in [4.69, 9.17) is 23.2 Å². The van der Waals surface area contributed by atoms with Gasteiger partial charge < -0.3 is 0 Å². The molecule has 1 aromatic heterocycles. The highest BCUT2D eigenvalue weighted by molar-refractivity contribution is 7.98. The molecule has 0 aliphatic rings. The van der Waals surface area contributed by atoms with Crippen molar-refractivity contribution in [2.45, 2.75) is 4.90 Å². The van der Waals surface area contributed by atoms with Crippen LogP contribution in [0.25, 0.3) is 11.4 Å². The van der Waals surface area contributed by atoms with E-state index in [0.29, 0.717) is 16.1 Å². The minimum atomic E-state index is 0.351. The zero-order valence-corrected chi connectivity index (χ0v) is 10.8. The second-order valence-electron chi connectivity index (χ2n) is 3.07. The Balaban J connectivity index is 2.49. The van der Waals surface area contributed by atoms with Crippen LogP contribution >= 0.6 is 35.0 Å². The van der Waals surface area contributed by atoms with Gasteiger partial charge in [0.25, 0.3) is 0 Å². The highest BCUT2D eigenvalue weighted by Gasteiger charge is 2.05. The van der Waals surface area contributed by atoms with Crippen molar-refractivity contribution in [2.75, 3.05) is 6.26 Å². The van der Waals surface area contributed by atoms with Crippen molar-refractivity contribution in [1.29, 1.82) is 0 Å². The summed E-state index contributed by atoms with van der Waals surface area (Å²) >= 11 is 13.3. The van der Waals surface area contributed by atoms with Crippen LogP contribution in [-0.4, -0.2) is 16.2 Å². The summed E-state index contributed by atoms with van der Waals surface area (Å²) in [6.45, 7) is 0. The zero-order chi connectivity index (χ0) is 11.5. The van der Waals surface area contributed by atoms with Crippen molar-refractivity contribution in [3.8, 4) is 11.4 Å². The lowest BCUT2D eigenvalue weighted by molar-refractivity contribution is 1.17. The van der Waals surface area contributed by atoms with E-state index in [2.05, 4.69) is 9.97 Å². The van der Waals surface area contributed by atoms with Gasteiger partial charge in [-0.1, -0.05) is 35.3 Å². The molecule has 0 aliphatic heterocycles.